The Morgan fingerprint density at radius 1 is 1.58 bits per heavy atom. The highest BCUT2D eigenvalue weighted by Gasteiger charge is 2.17. The lowest BCUT2D eigenvalue weighted by atomic mass is 9.98. The molecule has 1 N–H and O–H groups in total. The number of hydrogen-bond donors (Lipinski definition) is 1. The van der Waals surface area contributed by atoms with E-state index >= 15 is 0 Å². The SMILES string of the molecule is CCc1nccn1CC(=O)NC[C@@H]1CCCN(C)C1. The summed E-state index contributed by atoms with van der Waals surface area (Å²) < 4.78 is 1.92. The van der Waals surface area contributed by atoms with E-state index in [0.29, 0.717) is 12.5 Å². The van der Waals surface area contributed by atoms with Crippen LogP contribution >= 0.6 is 0 Å². The number of hydrogen-bond acceptors (Lipinski definition) is 3. The number of imidazole rings is 1. The van der Waals surface area contributed by atoms with Crippen LogP contribution in [0.3, 0.4) is 0 Å². The summed E-state index contributed by atoms with van der Waals surface area (Å²) in [5.74, 6) is 1.64. The predicted molar refractivity (Wildman–Crippen MR) is 74.8 cm³/mol. The van der Waals surface area contributed by atoms with Crippen LogP contribution in [-0.2, 0) is 17.8 Å². The van der Waals surface area contributed by atoms with E-state index in [4.69, 9.17) is 0 Å². The van der Waals surface area contributed by atoms with Crippen LogP contribution in [0, 0.1) is 5.92 Å². The van der Waals surface area contributed by atoms with Crippen LogP contribution in [0.15, 0.2) is 12.4 Å². The molecule has 1 saturated heterocycles. The molecule has 1 amide bonds. The number of aryl methyl sites for hydroxylation is 1. The Morgan fingerprint density at radius 2 is 2.42 bits per heavy atom. The number of nitrogens with zero attached hydrogens (tertiary/aromatic N) is 3. The third kappa shape index (κ3) is 4.06. The van der Waals surface area contributed by atoms with Gasteiger partial charge in [-0.25, -0.2) is 4.98 Å². The highest BCUT2D eigenvalue weighted by molar-refractivity contribution is 5.75. The molecule has 5 nitrogen and oxygen atoms in total. The largest absolute Gasteiger partial charge is 0.354 e. The van der Waals surface area contributed by atoms with Crippen molar-refractivity contribution in [1.29, 1.82) is 0 Å². The molecule has 1 aromatic heterocycles. The first-order valence-electron chi connectivity index (χ1n) is 7.14. The fourth-order valence-corrected chi connectivity index (χ4v) is 2.71. The molecule has 0 unspecified atom stereocenters. The van der Waals surface area contributed by atoms with Gasteiger partial charge in [0.1, 0.15) is 12.4 Å². The first-order valence-corrected chi connectivity index (χ1v) is 7.14. The van der Waals surface area contributed by atoms with Crippen molar-refractivity contribution >= 4 is 5.91 Å². The van der Waals surface area contributed by atoms with Gasteiger partial charge in [-0.2, -0.15) is 0 Å². The van der Waals surface area contributed by atoms with Crippen LogP contribution in [0.25, 0.3) is 0 Å². The molecule has 5 heteroatoms. The Labute approximate surface area is 115 Å². The highest BCUT2D eigenvalue weighted by Crippen LogP contribution is 2.13. The summed E-state index contributed by atoms with van der Waals surface area (Å²) in [6, 6.07) is 0. The average molecular weight is 264 g/mol. The van der Waals surface area contributed by atoms with Crippen molar-refractivity contribution in [3.8, 4) is 0 Å². The second-order valence-corrected chi connectivity index (χ2v) is 5.40. The molecule has 0 bridgehead atoms. The highest BCUT2D eigenvalue weighted by atomic mass is 16.1. The third-order valence-corrected chi connectivity index (χ3v) is 3.74. The summed E-state index contributed by atoms with van der Waals surface area (Å²) in [5, 5.41) is 3.05. The van der Waals surface area contributed by atoms with E-state index in [9.17, 15) is 4.79 Å². The summed E-state index contributed by atoms with van der Waals surface area (Å²) in [6.07, 6.45) is 6.93. The summed E-state index contributed by atoms with van der Waals surface area (Å²) in [6.45, 7) is 5.49. The Kier molecular flexibility index (Phi) is 4.96. The minimum atomic E-state index is 0.0842. The molecule has 19 heavy (non-hydrogen) atoms. The zero-order valence-electron chi connectivity index (χ0n) is 11.9. The fourth-order valence-electron chi connectivity index (χ4n) is 2.71. The van der Waals surface area contributed by atoms with Crippen LogP contribution in [0.5, 0.6) is 0 Å². The number of rotatable bonds is 5. The summed E-state index contributed by atoms with van der Waals surface area (Å²) in [5.41, 5.74) is 0. The standard InChI is InChI=1S/C14H24N4O/c1-3-13-15-6-8-18(13)11-14(19)16-9-12-5-4-7-17(2)10-12/h6,8,12H,3-5,7,9-11H2,1-2H3,(H,16,19)/t12-/m0/s1. The zero-order chi connectivity index (χ0) is 13.7. The molecule has 1 aromatic rings. The molecule has 1 aliphatic heterocycles. The third-order valence-electron chi connectivity index (χ3n) is 3.74. The zero-order valence-corrected chi connectivity index (χ0v) is 11.9. The Hall–Kier alpha value is -1.36. The number of aromatic nitrogens is 2. The molecular weight excluding hydrogens is 240 g/mol. The molecule has 2 heterocycles. The molecule has 0 aromatic carbocycles. The van der Waals surface area contributed by atoms with E-state index in [1.807, 2.05) is 10.8 Å². The van der Waals surface area contributed by atoms with Gasteiger partial charge in [0.25, 0.3) is 0 Å². The molecular formula is C14H24N4O. The van der Waals surface area contributed by atoms with Crippen molar-refractivity contribution in [2.45, 2.75) is 32.7 Å². The minimum Gasteiger partial charge on any atom is -0.354 e. The van der Waals surface area contributed by atoms with Crippen molar-refractivity contribution in [2.75, 3.05) is 26.7 Å². The Morgan fingerprint density at radius 3 is 3.16 bits per heavy atom. The second kappa shape index (κ2) is 6.70. The number of amides is 1. The lowest BCUT2D eigenvalue weighted by molar-refractivity contribution is -0.122. The Bertz CT molecular complexity index is 415. The minimum absolute atomic E-state index is 0.0842. The summed E-state index contributed by atoms with van der Waals surface area (Å²) in [4.78, 5) is 18.5. The van der Waals surface area contributed by atoms with E-state index in [1.165, 1.54) is 19.4 Å². The monoisotopic (exact) mass is 264 g/mol. The van der Waals surface area contributed by atoms with Gasteiger partial charge in [-0.1, -0.05) is 6.92 Å². The predicted octanol–water partition coefficient (Wildman–Crippen LogP) is 0.903. The van der Waals surface area contributed by atoms with E-state index in [2.05, 4.69) is 29.2 Å². The van der Waals surface area contributed by atoms with Crippen molar-refractivity contribution in [3.05, 3.63) is 18.2 Å². The second-order valence-electron chi connectivity index (χ2n) is 5.40. The van der Waals surface area contributed by atoms with Crippen LogP contribution in [-0.4, -0.2) is 47.0 Å². The normalized spacial score (nSPS) is 20.4. The number of nitrogens with one attached hydrogen (secondary N) is 1. The van der Waals surface area contributed by atoms with Gasteiger partial charge in [-0.3, -0.25) is 4.79 Å². The number of carbonyl (C=O) groups excluding carboxylic acids is 1. The number of likely N-dealkylation sites (tertiary alicyclic amines) is 1. The van der Waals surface area contributed by atoms with Gasteiger partial charge < -0.3 is 14.8 Å². The van der Waals surface area contributed by atoms with Crippen LogP contribution in [0.2, 0.25) is 0 Å². The van der Waals surface area contributed by atoms with Gasteiger partial charge in [0.05, 0.1) is 0 Å². The first-order chi connectivity index (χ1) is 9.19. The first kappa shape index (κ1) is 14.1. The molecule has 0 saturated carbocycles. The molecule has 0 aliphatic carbocycles. The topological polar surface area (TPSA) is 50.2 Å². The van der Waals surface area contributed by atoms with Crippen molar-refractivity contribution in [2.24, 2.45) is 5.92 Å². The number of carbonyl (C=O) groups is 1. The molecule has 1 fully saturated rings. The van der Waals surface area contributed by atoms with E-state index in [-0.39, 0.29) is 5.91 Å². The molecule has 1 aliphatic rings. The van der Waals surface area contributed by atoms with Crippen LogP contribution < -0.4 is 5.32 Å². The molecule has 2 rings (SSSR count). The van der Waals surface area contributed by atoms with Gasteiger partial charge in [-0.15, -0.1) is 0 Å². The van der Waals surface area contributed by atoms with Crippen molar-refractivity contribution in [1.82, 2.24) is 19.8 Å². The summed E-state index contributed by atoms with van der Waals surface area (Å²) in [7, 11) is 2.15. The fraction of sp³-hybridized carbons (Fsp3) is 0.714. The van der Waals surface area contributed by atoms with Crippen LogP contribution in [0.1, 0.15) is 25.6 Å². The smallest absolute Gasteiger partial charge is 0.239 e. The van der Waals surface area contributed by atoms with Gasteiger partial charge >= 0.3 is 0 Å². The van der Waals surface area contributed by atoms with Crippen molar-refractivity contribution in [3.63, 3.8) is 0 Å². The molecule has 106 valence electrons. The van der Waals surface area contributed by atoms with E-state index in [1.54, 1.807) is 6.20 Å². The molecule has 0 radical (unpaired) electrons. The maximum absolute atomic E-state index is 11.9. The molecule has 1 atom stereocenters. The van der Waals surface area contributed by atoms with E-state index < -0.39 is 0 Å². The van der Waals surface area contributed by atoms with Gasteiger partial charge in [0.2, 0.25) is 5.91 Å². The van der Waals surface area contributed by atoms with Crippen LogP contribution in [0.4, 0.5) is 0 Å². The van der Waals surface area contributed by atoms with Gasteiger partial charge in [0.15, 0.2) is 0 Å². The lowest BCUT2D eigenvalue weighted by Crippen LogP contribution is -2.40. The van der Waals surface area contributed by atoms with Gasteiger partial charge in [0, 0.05) is 31.9 Å². The van der Waals surface area contributed by atoms with Gasteiger partial charge in [-0.05, 0) is 32.4 Å². The molecule has 0 spiro atoms. The Balaban J connectivity index is 1.75. The summed E-state index contributed by atoms with van der Waals surface area (Å²) >= 11 is 0. The van der Waals surface area contributed by atoms with E-state index in [0.717, 1.165) is 25.3 Å². The average Bonchev–Trinajstić information content (AvgIpc) is 2.84. The number of piperidine rings is 1. The van der Waals surface area contributed by atoms with Crippen molar-refractivity contribution < 1.29 is 4.79 Å². The maximum atomic E-state index is 11.9. The quantitative estimate of drug-likeness (QED) is 0.860. The maximum Gasteiger partial charge on any atom is 0.239 e. The lowest BCUT2D eigenvalue weighted by Gasteiger charge is -2.29.